The summed E-state index contributed by atoms with van der Waals surface area (Å²) in [4.78, 5) is 0. The van der Waals surface area contributed by atoms with Gasteiger partial charge in [0, 0.05) is 25.4 Å². The topological polar surface area (TPSA) is 46.3 Å². The summed E-state index contributed by atoms with van der Waals surface area (Å²) >= 11 is 0. The maximum Gasteiger partial charge on any atom is 0.0940 e. The molecule has 0 amide bonds. The number of nitrogens with zero attached hydrogens (tertiary/aromatic N) is 1. The highest BCUT2D eigenvalue weighted by atomic mass is 32.2. The van der Waals surface area contributed by atoms with E-state index in [1.807, 2.05) is 20.9 Å². The lowest BCUT2D eigenvalue weighted by molar-refractivity contribution is 0.423. The van der Waals surface area contributed by atoms with Gasteiger partial charge >= 0.3 is 0 Å². The highest BCUT2D eigenvalue weighted by Gasteiger charge is 2.11. The van der Waals surface area contributed by atoms with Gasteiger partial charge < -0.3 is 5.73 Å². The van der Waals surface area contributed by atoms with E-state index in [1.165, 1.54) is 0 Å². The number of hydrogen-bond acceptors (Lipinski definition) is 2. The number of hydrogen-bond donors (Lipinski definition) is 1. The first-order valence-corrected chi connectivity index (χ1v) is 4.72. The van der Waals surface area contributed by atoms with Gasteiger partial charge in [0.2, 0.25) is 0 Å². The first-order valence-electron chi connectivity index (χ1n) is 3.44. The van der Waals surface area contributed by atoms with E-state index in [0.717, 1.165) is 0 Å². The van der Waals surface area contributed by atoms with E-state index >= 15 is 0 Å². The van der Waals surface area contributed by atoms with Crippen LogP contribution in [0.1, 0.15) is 13.8 Å². The number of rotatable bonds is 4. The Morgan fingerprint density at radius 3 is 2.50 bits per heavy atom. The lowest BCUT2D eigenvalue weighted by Crippen LogP contribution is -2.37. The van der Waals surface area contributed by atoms with Crippen molar-refractivity contribution in [1.29, 1.82) is 0 Å². The summed E-state index contributed by atoms with van der Waals surface area (Å²) in [6, 6.07) is 0.209. The summed E-state index contributed by atoms with van der Waals surface area (Å²) in [6.45, 7) is 4.42. The Bertz CT molecular complexity index is 118. The zero-order valence-corrected chi connectivity index (χ0v) is 7.65. The SMILES string of the molecule is CCS(=O)N(C)C(C)CN. The van der Waals surface area contributed by atoms with Crippen LogP contribution in [-0.4, -0.2) is 33.9 Å². The first-order chi connectivity index (χ1) is 4.63. The van der Waals surface area contributed by atoms with Crippen LogP contribution in [0.4, 0.5) is 0 Å². The van der Waals surface area contributed by atoms with E-state index in [0.29, 0.717) is 12.3 Å². The van der Waals surface area contributed by atoms with Crippen LogP contribution >= 0.6 is 0 Å². The molecule has 0 saturated heterocycles. The highest BCUT2D eigenvalue weighted by molar-refractivity contribution is 7.82. The van der Waals surface area contributed by atoms with Crippen LogP contribution < -0.4 is 5.73 Å². The van der Waals surface area contributed by atoms with Gasteiger partial charge in [-0.05, 0) is 6.92 Å². The van der Waals surface area contributed by atoms with Crippen molar-refractivity contribution >= 4 is 11.0 Å². The molecule has 2 atom stereocenters. The predicted octanol–water partition coefficient (Wildman–Crippen LogP) is -0.0510. The molecule has 0 bridgehead atoms. The zero-order valence-electron chi connectivity index (χ0n) is 6.83. The molecule has 62 valence electrons. The Balaban J connectivity index is 3.81. The Labute approximate surface area is 65.2 Å². The monoisotopic (exact) mass is 164 g/mol. The molecule has 0 aromatic carbocycles. The van der Waals surface area contributed by atoms with E-state index < -0.39 is 11.0 Å². The van der Waals surface area contributed by atoms with Crippen molar-refractivity contribution in [2.24, 2.45) is 5.73 Å². The molecule has 0 aliphatic heterocycles. The minimum atomic E-state index is -0.848. The van der Waals surface area contributed by atoms with Gasteiger partial charge in [0.1, 0.15) is 0 Å². The van der Waals surface area contributed by atoms with E-state index in [1.54, 1.807) is 4.31 Å². The second-order valence-corrected chi connectivity index (χ2v) is 4.04. The fourth-order valence-electron chi connectivity index (χ4n) is 0.553. The van der Waals surface area contributed by atoms with Gasteiger partial charge in [-0.1, -0.05) is 6.92 Å². The van der Waals surface area contributed by atoms with Gasteiger partial charge in [-0.25, -0.2) is 8.51 Å². The normalized spacial score (nSPS) is 17.3. The minimum Gasteiger partial charge on any atom is -0.329 e. The lowest BCUT2D eigenvalue weighted by Gasteiger charge is -2.20. The van der Waals surface area contributed by atoms with Gasteiger partial charge in [-0.2, -0.15) is 0 Å². The van der Waals surface area contributed by atoms with Crippen molar-refractivity contribution in [2.75, 3.05) is 19.3 Å². The summed E-state index contributed by atoms with van der Waals surface area (Å²) in [6.07, 6.45) is 0. The van der Waals surface area contributed by atoms with E-state index in [-0.39, 0.29) is 6.04 Å². The third kappa shape index (κ3) is 2.77. The summed E-state index contributed by atoms with van der Waals surface area (Å²) in [7, 11) is 0.982. The molecule has 0 saturated carbocycles. The van der Waals surface area contributed by atoms with Gasteiger partial charge in [0.25, 0.3) is 0 Å². The molecule has 2 N–H and O–H groups in total. The largest absolute Gasteiger partial charge is 0.329 e. The molecule has 0 aliphatic rings. The van der Waals surface area contributed by atoms with Gasteiger partial charge in [-0.3, -0.25) is 0 Å². The molecular weight excluding hydrogens is 148 g/mol. The second kappa shape index (κ2) is 4.82. The third-order valence-corrected chi connectivity index (χ3v) is 3.03. The Kier molecular flexibility index (Phi) is 4.85. The van der Waals surface area contributed by atoms with Crippen molar-refractivity contribution in [3.63, 3.8) is 0 Å². The van der Waals surface area contributed by atoms with Crippen molar-refractivity contribution in [3.8, 4) is 0 Å². The molecule has 3 nitrogen and oxygen atoms in total. The zero-order chi connectivity index (χ0) is 8.15. The molecule has 10 heavy (non-hydrogen) atoms. The van der Waals surface area contributed by atoms with E-state index in [9.17, 15) is 4.21 Å². The summed E-state index contributed by atoms with van der Waals surface area (Å²) in [5.74, 6) is 0.667. The maximum absolute atomic E-state index is 11.1. The van der Waals surface area contributed by atoms with Crippen molar-refractivity contribution in [1.82, 2.24) is 4.31 Å². The fourth-order valence-corrected chi connectivity index (χ4v) is 1.45. The van der Waals surface area contributed by atoms with Gasteiger partial charge in [-0.15, -0.1) is 0 Å². The molecule has 0 aromatic heterocycles. The molecule has 0 aliphatic carbocycles. The molecule has 4 heteroatoms. The molecule has 0 spiro atoms. The fraction of sp³-hybridized carbons (Fsp3) is 1.00. The standard InChI is InChI=1S/C6H16N2OS/c1-4-10(9)8(3)6(2)5-7/h6H,4-5,7H2,1-3H3. The second-order valence-electron chi connectivity index (χ2n) is 2.24. The molecule has 0 heterocycles. The van der Waals surface area contributed by atoms with Crippen molar-refractivity contribution in [2.45, 2.75) is 19.9 Å². The third-order valence-electron chi connectivity index (χ3n) is 1.53. The van der Waals surface area contributed by atoms with Crippen LogP contribution in [0.3, 0.4) is 0 Å². The molecule has 0 rings (SSSR count). The van der Waals surface area contributed by atoms with Gasteiger partial charge in [0.05, 0.1) is 11.0 Å². The maximum atomic E-state index is 11.1. The van der Waals surface area contributed by atoms with Crippen LogP contribution in [0, 0.1) is 0 Å². The highest BCUT2D eigenvalue weighted by Crippen LogP contribution is 1.97. The Hall–Kier alpha value is 0.0700. The number of likely N-dealkylation sites (N-methyl/N-ethyl adjacent to an activating group) is 1. The summed E-state index contributed by atoms with van der Waals surface area (Å²) < 4.78 is 12.9. The van der Waals surface area contributed by atoms with E-state index in [4.69, 9.17) is 5.73 Å². The molecular formula is C6H16N2OS. The first kappa shape index (κ1) is 10.1. The van der Waals surface area contributed by atoms with Crippen molar-refractivity contribution in [3.05, 3.63) is 0 Å². The van der Waals surface area contributed by atoms with Crippen LogP contribution in [0.2, 0.25) is 0 Å². The molecule has 2 unspecified atom stereocenters. The Morgan fingerprint density at radius 2 is 2.20 bits per heavy atom. The average molecular weight is 164 g/mol. The Morgan fingerprint density at radius 1 is 1.70 bits per heavy atom. The quantitative estimate of drug-likeness (QED) is 0.633. The van der Waals surface area contributed by atoms with Gasteiger partial charge in [0.15, 0.2) is 0 Å². The number of nitrogens with two attached hydrogens (primary N) is 1. The van der Waals surface area contributed by atoms with Crippen LogP contribution in [0.15, 0.2) is 0 Å². The van der Waals surface area contributed by atoms with E-state index in [2.05, 4.69) is 0 Å². The molecule has 0 radical (unpaired) electrons. The van der Waals surface area contributed by atoms with Crippen LogP contribution in [0.5, 0.6) is 0 Å². The molecule has 0 aromatic rings. The average Bonchev–Trinajstić information content (AvgIpc) is 2.00. The summed E-state index contributed by atoms with van der Waals surface area (Å²) in [5.41, 5.74) is 5.39. The molecule has 0 fully saturated rings. The summed E-state index contributed by atoms with van der Waals surface area (Å²) in [5, 5.41) is 0. The van der Waals surface area contributed by atoms with Crippen molar-refractivity contribution < 1.29 is 4.21 Å². The minimum absolute atomic E-state index is 0.209. The van der Waals surface area contributed by atoms with Crippen LogP contribution in [-0.2, 0) is 11.0 Å². The van der Waals surface area contributed by atoms with Crippen LogP contribution in [0.25, 0.3) is 0 Å². The lowest BCUT2D eigenvalue weighted by atomic mass is 10.4. The smallest absolute Gasteiger partial charge is 0.0940 e. The predicted molar refractivity (Wildman–Crippen MR) is 45.0 cm³/mol.